The van der Waals surface area contributed by atoms with Crippen molar-refractivity contribution in [3.8, 4) is 23.1 Å². The Kier molecular flexibility index (Phi) is 7.23. The molecule has 0 bridgehead atoms. The first-order valence-corrected chi connectivity index (χ1v) is 10.3. The number of methoxy groups -OCH3 is 2. The predicted octanol–water partition coefficient (Wildman–Crippen LogP) is 4.25. The fraction of sp³-hybridized carbons (Fsp3) is 0.190. The SMILES string of the molecule is COc1ccc(OC)c(CN(C(=O)CI)c2cncnc2Oc2ccccc2)c1. The largest absolute Gasteiger partial charge is 0.497 e. The Morgan fingerprint density at radius 1 is 1.07 bits per heavy atom. The summed E-state index contributed by atoms with van der Waals surface area (Å²) >= 11 is 2.04. The highest BCUT2D eigenvalue weighted by molar-refractivity contribution is 14.1. The number of ether oxygens (including phenoxy) is 3. The lowest BCUT2D eigenvalue weighted by atomic mass is 10.1. The van der Waals surface area contributed by atoms with Crippen molar-refractivity contribution in [3.05, 3.63) is 66.6 Å². The normalized spacial score (nSPS) is 10.3. The number of hydrogen-bond donors (Lipinski definition) is 0. The second kappa shape index (κ2) is 10.1. The van der Waals surface area contributed by atoms with Crippen molar-refractivity contribution < 1.29 is 19.0 Å². The number of para-hydroxylation sites is 1. The molecule has 0 spiro atoms. The van der Waals surface area contributed by atoms with Crippen LogP contribution in [0.5, 0.6) is 23.1 Å². The molecule has 0 radical (unpaired) electrons. The van der Waals surface area contributed by atoms with Crippen LogP contribution in [0.15, 0.2) is 61.1 Å². The first kappa shape index (κ1) is 20.8. The van der Waals surface area contributed by atoms with E-state index in [1.165, 1.54) is 6.33 Å². The van der Waals surface area contributed by atoms with Crippen LogP contribution in [0.3, 0.4) is 0 Å². The summed E-state index contributed by atoms with van der Waals surface area (Å²) in [5, 5.41) is 0. The summed E-state index contributed by atoms with van der Waals surface area (Å²) in [5.41, 5.74) is 1.27. The van der Waals surface area contributed by atoms with Gasteiger partial charge in [-0.1, -0.05) is 40.8 Å². The molecule has 0 unspecified atom stereocenters. The van der Waals surface area contributed by atoms with E-state index in [-0.39, 0.29) is 16.9 Å². The van der Waals surface area contributed by atoms with Gasteiger partial charge in [-0.05, 0) is 30.3 Å². The molecule has 2 aromatic carbocycles. The lowest BCUT2D eigenvalue weighted by molar-refractivity contribution is -0.116. The number of anilines is 1. The van der Waals surface area contributed by atoms with Crippen molar-refractivity contribution in [2.45, 2.75) is 6.54 Å². The fourth-order valence-electron chi connectivity index (χ4n) is 2.73. The minimum Gasteiger partial charge on any atom is -0.497 e. The Labute approximate surface area is 182 Å². The van der Waals surface area contributed by atoms with Gasteiger partial charge in [0.25, 0.3) is 0 Å². The van der Waals surface area contributed by atoms with Gasteiger partial charge in [0.1, 0.15) is 29.3 Å². The molecule has 0 saturated carbocycles. The van der Waals surface area contributed by atoms with Gasteiger partial charge in [0.15, 0.2) is 0 Å². The summed E-state index contributed by atoms with van der Waals surface area (Å²) in [6.45, 7) is 0.251. The minimum atomic E-state index is -0.108. The van der Waals surface area contributed by atoms with Gasteiger partial charge in [0.05, 0.1) is 31.4 Å². The number of carbonyl (C=O) groups is 1. The standard InChI is InChI=1S/C21H20IN3O4/c1-27-17-8-9-19(28-2)15(10-17)13-25(20(26)11-22)18-12-23-14-24-21(18)29-16-6-4-3-5-7-16/h3-10,12,14H,11,13H2,1-2H3. The van der Waals surface area contributed by atoms with Crippen LogP contribution in [0.4, 0.5) is 5.69 Å². The highest BCUT2D eigenvalue weighted by Gasteiger charge is 2.22. The number of alkyl halides is 1. The van der Waals surface area contributed by atoms with Crippen LogP contribution < -0.4 is 19.1 Å². The van der Waals surface area contributed by atoms with Crippen molar-refractivity contribution in [1.82, 2.24) is 9.97 Å². The average Bonchev–Trinajstić information content (AvgIpc) is 2.78. The lowest BCUT2D eigenvalue weighted by Crippen LogP contribution is -2.32. The lowest BCUT2D eigenvalue weighted by Gasteiger charge is -2.24. The van der Waals surface area contributed by atoms with Gasteiger partial charge in [-0.15, -0.1) is 0 Å². The smallest absolute Gasteiger partial charge is 0.246 e. The van der Waals surface area contributed by atoms with E-state index < -0.39 is 0 Å². The molecule has 3 aromatic rings. The molecule has 0 saturated heterocycles. The van der Waals surface area contributed by atoms with Gasteiger partial charge in [-0.25, -0.2) is 4.98 Å². The number of rotatable bonds is 8. The summed E-state index contributed by atoms with van der Waals surface area (Å²) in [6.07, 6.45) is 2.96. The minimum absolute atomic E-state index is 0.108. The molecule has 0 fully saturated rings. The van der Waals surface area contributed by atoms with E-state index in [1.807, 2.05) is 71.1 Å². The molecule has 0 aliphatic rings. The number of nitrogens with zero attached hydrogens (tertiary/aromatic N) is 3. The first-order valence-electron chi connectivity index (χ1n) is 8.76. The highest BCUT2D eigenvalue weighted by atomic mass is 127. The van der Waals surface area contributed by atoms with Gasteiger partial charge < -0.3 is 19.1 Å². The van der Waals surface area contributed by atoms with Crippen LogP contribution in [-0.2, 0) is 11.3 Å². The topological polar surface area (TPSA) is 73.8 Å². The van der Waals surface area contributed by atoms with E-state index in [0.29, 0.717) is 28.8 Å². The number of amides is 1. The van der Waals surface area contributed by atoms with Crippen LogP contribution >= 0.6 is 22.6 Å². The molecule has 0 aliphatic carbocycles. The second-order valence-corrected chi connectivity index (χ2v) is 6.68. The Balaban J connectivity index is 2.00. The average molecular weight is 505 g/mol. The molecule has 1 amide bonds. The van der Waals surface area contributed by atoms with Crippen molar-refractivity contribution in [3.63, 3.8) is 0 Å². The summed E-state index contributed by atoms with van der Waals surface area (Å²) in [4.78, 5) is 22.7. The Morgan fingerprint density at radius 2 is 1.86 bits per heavy atom. The number of aromatic nitrogens is 2. The molecular formula is C21H20IN3O4. The zero-order valence-electron chi connectivity index (χ0n) is 16.0. The monoisotopic (exact) mass is 505 g/mol. The molecule has 0 atom stereocenters. The van der Waals surface area contributed by atoms with Gasteiger partial charge in [-0.3, -0.25) is 4.79 Å². The van der Waals surface area contributed by atoms with Crippen molar-refractivity contribution in [1.29, 1.82) is 0 Å². The van der Waals surface area contributed by atoms with E-state index in [4.69, 9.17) is 14.2 Å². The van der Waals surface area contributed by atoms with E-state index in [9.17, 15) is 4.79 Å². The maximum Gasteiger partial charge on any atom is 0.246 e. The molecule has 0 aliphatic heterocycles. The second-order valence-electron chi connectivity index (χ2n) is 5.92. The van der Waals surface area contributed by atoms with E-state index in [2.05, 4.69) is 9.97 Å². The van der Waals surface area contributed by atoms with Crippen molar-refractivity contribution in [2.24, 2.45) is 0 Å². The number of halogens is 1. The molecule has 150 valence electrons. The zero-order valence-corrected chi connectivity index (χ0v) is 18.2. The first-order chi connectivity index (χ1) is 14.2. The molecule has 29 heavy (non-hydrogen) atoms. The molecular weight excluding hydrogens is 485 g/mol. The summed E-state index contributed by atoms with van der Waals surface area (Å²) in [5.74, 6) is 2.13. The van der Waals surface area contributed by atoms with Gasteiger partial charge in [0, 0.05) is 5.56 Å². The summed E-state index contributed by atoms with van der Waals surface area (Å²) < 4.78 is 17.0. The van der Waals surface area contributed by atoms with E-state index >= 15 is 0 Å². The Morgan fingerprint density at radius 3 is 2.55 bits per heavy atom. The Hall–Kier alpha value is -2.88. The fourth-order valence-corrected chi connectivity index (χ4v) is 3.14. The summed E-state index contributed by atoms with van der Waals surface area (Å²) in [7, 11) is 3.18. The molecule has 8 heteroatoms. The maximum absolute atomic E-state index is 12.8. The van der Waals surface area contributed by atoms with Crippen LogP contribution in [0.2, 0.25) is 0 Å². The van der Waals surface area contributed by atoms with Crippen LogP contribution in [0, 0.1) is 0 Å². The molecule has 1 heterocycles. The van der Waals surface area contributed by atoms with E-state index in [0.717, 1.165) is 5.56 Å². The van der Waals surface area contributed by atoms with Crippen molar-refractivity contribution in [2.75, 3.05) is 23.5 Å². The van der Waals surface area contributed by atoms with Crippen LogP contribution in [-0.4, -0.2) is 34.5 Å². The number of carbonyl (C=O) groups excluding carboxylic acids is 1. The molecule has 3 rings (SSSR count). The molecule has 0 N–H and O–H groups in total. The highest BCUT2D eigenvalue weighted by Crippen LogP contribution is 2.33. The van der Waals surface area contributed by atoms with Gasteiger partial charge in [0.2, 0.25) is 11.8 Å². The van der Waals surface area contributed by atoms with Gasteiger partial charge in [-0.2, -0.15) is 4.98 Å². The number of hydrogen-bond acceptors (Lipinski definition) is 6. The predicted molar refractivity (Wildman–Crippen MR) is 118 cm³/mol. The quantitative estimate of drug-likeness (QED) is 0.337. The van der Waals surface area contributed by atoms with E-state index in [1.54, 1.807) is 25.3 Å². The van der Waals surface area contributed by atoms with Crippen molar-refractivity contribution >= 4 is 34.2 Å². The van der Waals surface area contributed by atoms with Crippen LogP contribution in [0.1, 0.15) is 5.56 Å². The molecule has 1 aromatic heterocycles. The molecule has 7 nitrogen and oxygen atoms in total. The van der Waals surface area contributed by atoms with Gasteiger partial charge >= 0.3 is 0 Å². The summed E-state index contributed by atoms with van der Waals surface area (Å²) in [6, 6.07) is 14.7. The van der Waals surface area contributed by atoms with Crippen LogP contribution in [0.25, 0.3) is 0 Å². The zero-order chi connectivity index (χ0) is 20.6. The maximum atomic E-state index is 12.8. The third kappa shape index (κ3) is 5.14. The number of benzene rings is 2. The Bertz CT molecular complexity index is 969. The third-order valence-corrected chi connectivity index (χ3v) is 4.79. The third-order valence-electron chi connectivity index (χ3n) is 4.14.